The number of carbonyl (C=O) groups is 1. The molecule has 1 amide bonds. The Labute approximate surface area is 127 Å². The average molecular weight is 299 g/mol. The predicted molar refractivity (Wildman–Crippen MR) is 85.3 cm³/mol. The van der Waals surface area contributed by atoms with Gasteiger partial charge in [0.1, 0.15) is 0 Å². The zero-order valence-corrected chi connectivity index (χ0v) is 12.2. The van der Waals surface area contributed by atoms with E-state index in [4.69, 9.17) is 11.6 Å². The zero-order chi connectivity index (χ0) is 14.7. The van der Waals surface area contributed by atoms with Gasteiger partial charge in [0.15, 0.2) is 0 Å². The van der Waals surface area contributed by atoms with E-state index in [0.717, 1.165) is 22.0 Å². The molecule has 2 aromatic carbocycles. The van der Waals surface area contributed by atoms with Gasteiger partial charge < -0.3 is 10.3 Å². The van der Waals surface area contributed by atoms with Crippen LogP contribution in [0.5, 0.6) is 0 Å². The summed E-state index contributed by atoms with van der Waals surface area (Å²) >= 11 is 5.95. The minimum absolute atomic E-state index is 0.00898. The van der Waals surface area contributed by atoms with Crippen molar-refractivity contribution < 1.29 is 4.79 Å². The first-order valence-electron chi connectivity index (χ1n) is 6.78. The van der Waals surface area contributed by atoms with Crippen LogP contribution < -0.4 is 5.32 Å². The summed E-state index contributed by atoms with van der Waals surface area (Å²) in [5, 5.41) is 4.66. The van der Waals surface area contributed by atoms with Crippen LogP contribution >= 0.6 is 11.6 Å². The molecule has 1 heterocycles. The molecule has 21 heavy (non-hydrogen) atoms. The lowest BCUT2D eigenvalue weighted by Gasteiger charge is -2.05. The third-order valence-corrected chi connectivity index (χ3v) is 3.65. The van der Waals surface area contributed by atoms with E-state index in [1.165, 1.54) is 0 Å². The summed E-state index contributed by atoms with van der Waals surface area (Å²) in [6, 6.07) is 15.5. The molecular weight excluding hydrogens is 284 g/mol. The van der Waals surface area contributed by atoms with Crippen LogP contribution in [0.4, 0.5) is 0 Å². The monoisotopic (exact) mass is 298 g/mol. The van der Waals surface area contributed by atoms with Crippen molar-refractivity contribution in [1.29, 1.82) is 0 Å². The molecule has 3 aromatic rings. The summed E-state index contributed by atoms with van der Waals surface area (Å²) in [6.07, 6.45) is 2.22. The number of carbonyl (C=O) groups excluding carboxylic acids is 1. The summed E-state index contributed by atoms with van der Waals surface area (Å²) in [5.41, 5.74) is 3.03. The molecule has 4 heteroatoms. The van der Waals surface area contributed by atoms with E-state index < -0.39 is 0 Å². The molecule has 0 spiro atoms. The number of nitrogens with one attached hydrogen (secondary N) is 2. The van der Waals surface area contributed by atoms with Crippen molar-refractivity contribution in [3.63, 3.8) is 0 Å². The second-order valence-corrected chi connectivity index (χ2v) is 5.38. The van der Waals surface area contributed by atoms with E-state index >= 15 is 0 Å². The van der Waals surface area contributed by atoms with Gasteiger partial charge in [-0.3, -0.25) is 4.79 Å². The standard InChI is InChI=1S/C17H15ClN2O/c18-14-6-7-15-13(11-19-16(15)9-14)8-17(21)20-10-12-4-2-1-3-5-12/h1-7,9,11,19H,8,10H2,(H,20,21). The quantitative estimate of drug-likeness (QED) is 0.758. The third kappa shape index (κ3) is 3.26. The molecule has 0 bridgehead atoms. The van der Waals surface area contributed by atoms with Gasteiger partial charge in [0.2, 0.25) is 5.91 Å². The van der Waals surface area contributed by atoms with E-state index in [1.807, 2.05) is 54.7 Å². The Bertz CT molecular complexity index is 765. The highest BCUT2D eigenvalue weighted by Crippen LogP contribution is 2.22. The van der Waals surface area contributed by atoms with E-state index in [0.29, 0.717) is 18.0 Å². The Morgan fingerprint density at radius 3 is 2.76 bits per heavy atom. The normalized spacial score (nSPS) is 10.7. The SMILES string of the molecule is O=C(Cc1c[nH]c2cc(Cl)ccc12)NCc1ccccc1. The van der Waals surface area contributed by atoms with Crippen molar-refractivity contribution in [2.45, 2.75) is 13.0 Å². The van der Waals surface area contributed by atoms with Gasteiger partial charge in [0.25, 0.3) is 0 Å². The summed E-state index contributed by atoms with van der Waals surface area (Å²) < 4.78 is 0. The molecule has 0 aliphatic heterocycles. The van der Waals surface area contributed by atoms with Crippen LogP contribution in [-0.2, 0) is 17.8 Å². The van der Waals surface area contributed by atoms with Crippen molar-refractivity contribution in [2.24, 2.45) is 0 Å². The fraction of sp³-hybridized carbons (Fsp3) is 0.118. The maximum absolute atomic E-state index is 12.0. The minimum Gasteiger partial charge on any atom is -0.361 e. The number of aromatic amines is 1. The third-order valence-electron chi connectivity index (χ3n) is 3.41. The molecule has 0 unspecified atom stereocenters. The minimum atomic E-state index is 0.00898. The molecule has 106 valence electrons. The number of rotatable bonds is 4. The van der Waals surface area contributed by atoms with Gasteiger partial charge in [0.05, 0.1) is 6.42 Å². The predicted octanol–water partition coefficient (Wildman–Crippen LogP) is 3.68. The highest BCUT2D eigenvalue weighted by Gasteiger charge is 2.09. The second kappa shape index (κ2) is 6.02. The van der Waals surface area contributed by atoms with Gasteiger partial charge in [-0.05, 0) is 23.3 Å². The molecule has 0 atom stereocenters. The Morgan fingerprint density at radius 1 is 1.14 bits per heavy atom. The lowest BCUT2D eigenvalue weighted by molar-refractivity contribution is -0.120. The maximum Gasteiger partial charge on any atom is 0.224 e. The van der Waals surface area contributed by atoms with Crippen LogP contribution in [0, 0.1) is 0 Å². The molecule has 1 aromatic heterocycles. The first-order chi connectivity index (χ1) is 10.2. The zero-order valence-electron chi connectivity index (χ0n) is 11.4. The largest absolute Gasteiger partial charge is 0.361 e. The topological polar surface area (TPSA) is 44.9 Å². The number of fused-ring (bicyclic) bond motifs is 1. The summed E-state index contributed by atoms with van der Waals surface area (Å²) in [5.74, 6) is 0.00898. The number of hydrogen-bond acceptors (Lipinski definition) is 1. The Morgan fingerprint density at radius 2 is 1.95 bits per heavy atom. The molecule has 2 N–H and O–H groups in total. The van der Waals surface area contributed by atoms with Gasteiger partial charge >= 0.3 is 0 Å². The van der Waals surface area contributed by atoms with Gasteiger partial charge in [-0.1, -0.05) is 48.0 Å². The molecule has 3 nitrogen and oxygen atoms in total. The number of H-pyrrole nitrogens is 1. The smallest absolute Gasteiger partial charge is 0.224 e. The number of aromatic nitrogens is 1. The van der Waals surface area contributed by atoms with Crippen LogP contribution in [0.3, 0.4) is 0 Å². The van der Waals surface area contributed by atoms with Gasteiger partial charge in [0, 0.05) is 28.7 Å². The Kier molecular flexibility index (Phi) is 3.93. The Balaban J connectivity index is 1.66. The first-order valence-corrected chi connectivity index (χ1v) is 7.16. The maximum atomic E-state index is 12.0. The molecule has 0 saturated heterocycles. The molecule has 0 fully saturated rings. The molecular formula is C17H15ClN2O. The summed E-state index contributed by atoms with van der Waals surface area (Å²) in [4.78, 5) is 15.2. The van der Waals surface area contributed by atoms with Crippen LogP contribution in [-0.4, -0.2) is 10.9 Å². The van der Waals surface area contributed by atoms with Crippen molar-refractivity contribution >= 4 is 28.4 Å². The van der Waals surface area contributed by atoms with E-state index in [-0.39, 0.29) is 5.91 Å². The van der Waals surface area contributed by atoms with Crippen molar-refractivity contribution in [1.82, 2.24) is 10.3 Å². The lowest BCUT2D eigenvalue weighted by Crippen LogP contribution is -2.24. The van der Waals surface area contributed by atoms with E-state index in [2.05, 4.69) is 10.3 Å². The number of hydrogen-bond donors (Lipinski definition) is 2. The summed E-state index contributed by atoms with van der Waals surface area (Å²) in [7, 11) is 0. The Hall–Kier alpha value is -2.26. The average Bonchev–Trinajstić information content (AvgIpc) is 2.88. The fourth-order valence-electron chi connectivity index (χ4n) is 2.34. The van der Waals surface area contributed by atoms with Gasteiger partial charge in [-0.2, -0.15) is 0 Å². The number of amides is 1. The highest BCUT2D eigenvalue weighted by atomic mass is 35.5. The van der Waals surface area contributed by atoms with Crippen LogP contribution in [0.1, 0.15) is 11.1 Å². The van der Waals surface area contributed by atoms with Crippen molar-refractivity contribution in [3.8, 4) is 0 Å². The number of benzene rings is 2. The second-order valence-electron chi connectivity index (χ2n) is 4.94. The number of halogens is 1. The highest BCUT2D eigenvalue weighted by molar-refractivity contribution is 6.31. The van der Waals surface area contributed by atoms with Crippen molar-refractivity contribution in [2.75, 3.05) is 0 Å². The summed E-state index contributed by atoms with van der Waals surface area (Å²) in [6.45, 7) is 0.549. The van der Waals surface area contributed by atoms with Gasteiger partial charge in [-0.25, -0.2) is 0 Å². The van der Waals surface area contributed by atoms with Crippen LogP contribution in [0.15, 0.2) is 54.7 Å². The molecule has 0 aliphatic carbocycles. The molecule has 0 aliphatic rings. The molecule has 0 radical (unpaired) electrons. The van der Waals surface area contributed by atoms with Crippen LogP contribution in [0.2, 0.25) is 5.02 Å². The fourth-order valence-corrected chi connectivity index (χ4v) is 2.51. The van der Waals surface area contributed by atoms with E-state index in [9.17, 15) is 4.79 Å². The van der Waals surface area contributed by atoms with E-state index in [1.54, 1.807) is 0 Å². The van der Waals surface area contributed by atoms with Crippen LogP contribution in [0.25, 0.3) is 10.9 Å². The lowest BCUT2D eigenvalue weighted by atomic mass is 10.1. The molecule has 3 rings (SSSR count). The first kappa shape index (κ1) is 13.7. The van der Waals surface area contributed by atoms with Crippen molar-refractivity contribution in [3.05, 3.63) is 70.9 Å². The van der Waals surface area contributed by atoms with Gasteiger partial charge in [-0.15, -0.1) is 0 Å². The molecule has 0 saturated carbocycles.